The number of rotatable bonds is 8. The molecule has 0 aliphatic carbocycles. The Morgan fingerprint density at radius 3 is 2.23 bits per heavy atom. The number of ether oxygens (including phenoxy) is 2. The fourth-order valence-electron chi connectivity index (χ4n) is 2.10. The molecule has 2 rings (SSSR count). The van der Waals surface area contributed by atoms with Gasteiger partial charge in [-0.3, -0.25) is 0 Å². The van der Waals surface area contributed by atoms with E-state index in [0.29, 0.717) is 12.5 Å². The van der Waals surface area contributed by atoms with E-state index in [2.05, 4.69) is 45.0 Å². The van der Waals surface area contributed by atoms with Gasteiger partial charge in [0.1, 0.15) is 12.4 Å². The van der Waals surface area contributed by atoms with Crippen molar-refractivity contribution in [2.75, 3.05) is 6.61 Å². The average molecular weight is 298 g/mol. The second kappa shape index (κ2) is 8.60. The Balaban J connectivity index is 1.84. The van der Waals surface area contributed by atoms with Crippen LogP contribution < -0.4 is 4.74 Å². The number of hydrogen-bond acceptors (Lipinski definition) is 2. The predicted octanol–water partition coefficient (Wildman–Crippen LogP) is 5.39. The molecule has 0 spiro atoms. The molecule has 0 aromatic heterocycles. The fourth-order valence-corrected chi connectivity index (χ4v) is 2.10. The van der Waals surface area contributed by atoms with Crippen LogP contribution in [-0.4, -0.2) is 6.61 Å². The van der Waals surface area contributed by atoms with Crippen molar-refractivity contribution in [2.45, 2.75) is 39.9 Å². The maximum Gasteiger partial charge on any atom is 0.119 e. The second-order valence-electron chi connectivity index (χ2n) is 5.83. The van der Waals surface area contributed by atoms with E-state index in [1.807, 2.05) is 30.3 Å². The van der Waals surface area contributed by atoms with Crippen LogP contribution in [0.4, 0.5) is 0 Å². The van der Waals surface area contributed by atoms with Gasteiger partial charge in [0.15, 0.2) is 0 Å². The van der Waals surface area contributed by atoms with E-state index in [4.69, 9.17) is 9.47 Å². The molecule has 1 unspecified atom stereocenters. The maximum absolute atomic E-state index is 5.91. The lowest BCUT2D eigenvalue weighted by molar-refractivity contribution is 0.0424. The summed E-state index contributed by atoms with van der Waals surface area (Å²) in [6, 6.07) is 18.4. The highest BCUT2D eigenvalue weighted by atomic mass is 16.5. The molecule has 118 valence electrons. The van der Waals surface area contributed by atoms with Gasteiger partial charge in [-0.05, 0) is 36.1 Å². The van der Waals surface area contributed by atoms with Crippen LogP contribution in [0.1, 0.15) is 44.4 Å². The zero-order chi connectivity index (χ0) is 15.8. The van der Waals surface area contributed by atoms with Crippen molar-refractivity contribution in [3.8, 4) is 5.75 Å². The summed E-state index contributed by atoms with van der Waals surface area (Å²) in [5, 5.41) is 0. The monoisotopic (exact) mass is 298 g/mol. The first-order valence-corrected chi connectivity index (χ1v) is 8.07. The Morgan fingerprint density at radius 1 is 0.909 bits per heavy atom. The van der Waals surface area contributed by atoms with Crippen LogP contribution >= 0.6 is 0 Å². The van der Waals surface area contributed by atoms with Crippen LogP contribution in [-0.2, 0) is 11.3 Å². The first kappa shape index (κ1) is 16.6. The van der Waals surface area contributed by atoms with Crippen LogP contribution in [0.2, 0.25) is 0 Å². The molecule has 2 heteroatoms. The fraction of sp³-hybridized carbons (Fsp3) is 0.400. The minimum Gasteiger partial charge on any atom is -0.489 e. The highest BCUT2D eigenvalue weighted by Gasteiger charge is 2.08. The maximum atomic E-state index is 5.91. The first-order chi connectivity index (χ1) is 10.7. The van der Waals surface area contributed by atoms with Gasteiger partial charge in [0.25, 0.3) is 0 Å². The summed E-state index contributed by atoms with van der Waals surface area (Å²) < 4.78 is 11.7. The predicted molar refractivity (Wildman–Crippen MR) is 91.0 cm³/mol. The molecule has 0 heterocycles. The standard InChI is InChI=1S/C20H26O2/c1-4-16(2)14-21-17(3)19-10-12-20(13-11-19)22-15-18-8-6-5-7-9-18/h5-13,16-17H,4,14-15H2,1-3H3/t16?,17-/m0/s1. The molecule has 0 amide bonds. The molecule has 2 nitrogen and oxygen atoms in total. The molecule has 22 heavy (non-hydrogen) atoms. The van der Waals surface area contributed by atoms with Gasteiger partial charge in [-0.15, -0.1) is 0 Å². The van der Waals surface area contributed by atoms with Gasteiger partial charge in [-0.2, -0.15) is 0 Å². The number of hydrogen-bond donors (Lipinski definition) is 0. The summed E-state index contributed by atoms with van der Waals surface area (Å²) in [5.41, 5.74) is 2.37. The highest BCUT2D eigenvalue weighted by molar-refractivity contribution is 5.28. The molecule has 0 saturated heterocycles. The zero-order valence-electron chi connectivity index (χ0n) is 13.8. The molecule has 0 aliphatic heterocycles. The van der Waals surface area contributed by atoms with Crippen LogP contribution in [0.25, 0.3) is 0 Å². The minimum atomic E-state index is 0.122. The molecule has 0 N–H and O–H groups in total. The van der Waals surface area contributed by atoms with Gasteiger partial charge < -0.3 is 9.47 Å². The molecule has 0 bridgehead atoms. The average Bonchev–Trinajstić information content (AvgIpc) is 2.59. The first-order valence-electron chi connectivity index (χ1n) is 8.07. The highest BCUT2D eigenvalue weighted by Crippen LogP contribution is 2.22. The van der Waals surface area contributed by atoms with E-state index in [9.17, 15) is 0 Å². The van der Waals surface area contributed by atoms with Crippen molar-refractivity contribution in [3.05, 3.63) is 65.7 Å². The Labute approximate surface area is 134 Å². The molecular formula is C20H26O2. The van der Waals surface area contributed by atoms with Crippen LogP contribution in [0.15, 0.2) is 54.6 Å². The third-order valence-corrected chi connectivity index (χ3v) is 3.93. The molecule has 2 atom stereocenters. The third kappa shape index (κ3) is 5.19. The normalized spacial score (nSPS) is 13.6. The molecule has 2 aromatic carbocycles. The topological polar surface area (TPSA) is 18.5 Å². The van der Waals surface area contributed by atoms with E-state index in [-0.39, 0.29) is 6.10 Å². The summed E-state index contributed by atoms with van der Waals surface area (Å²) in [6.07, 6.45) is 1.27. The van der Waals surface area contributed by atoms with Gasteiger partial charge in [0.05, 0.1) is 6.10 Å². The second-order valence-corrected chi connectivity index (χ2v) is 5.83. The van der Waals surface area contributed by atoms with Crippen molar-refractivity contribution in [1.29, 1.82) is 0 Å². The van der Waals surface area contributed by atoms with Crippen LogP contribution in [0.3, 0.4) is 0 Å². The van der Waals surface area contributed by atoms with E-state index < -0.39 is 0 Å². The van der Waals surface area contributed by atoms with E-state index in [0.717, 1.165) is 18.8 Å². The summed E-state index contributed by atoms with van der Waals surface area (Å²) in [7, 11) is 0. The van der Waals surface area contributed by atoms with Crippen LogP contribution in [0, 0.1) is 5.92 Å². The number of benzene rings is 2. The Bertz CT molecular complexity index is 533. The summed E-state index contributed by atoms with van der Waals surface area (Å²) >= 11 is 0. The van der Waals surface area contributed by atoms with Crippen molar-refractivity contribution in [1.82, 2.24) is 0 Å². The van der Waals surface area contributed by atoms with Crippen molar-refractivity contribution in [3.63, 3.8) is 0 Å². The van der Waals surface area contributed by atoms with Crippen molar-refractivity contribution >= 4 is 0 Å². The Morgan fingerprint density at radius 2 is 1.59 bits per heavy atom. The van der Waals surface area contributed by atoms with E-state index in [1.165, 1.54) is 11.1 Å². The molecule has 0 aliphatic rings. The van der Waals surface area contributed by atoms with E-state index >= 15 is 0 Å². The Hall–Kier alpha value is -1.80. The van der Waals surface area contributed by atoms with Crippen molar-refractivity contribution in [2.24, 2.45) is 5.92 Å². The zero-order valence-corrected chi connectivity index (χ0v) is 13.8. The SMILES string of the molecule is CCC(C)CO[C@@H](C)c1ccc(OCc2ccccc2)cc1. The van der Waals surface area contributed by atoms with Crippen molar-refractivity contribution < 1.29 is 9.47 Å². The quantitative estimate of drug-likeness (QED) is 0.650. The molecule has 0 saturated carbocycles. The third-order valence-electron chi connectivity index (χ3n) is 3.93. The van der Waals surface area contributed by atoms with Gasteiger partial charge in [0, 0.05) is 6.61 Å². The molecule has 0 fully saturated rings. The lowest BCUT2D eigenvalue weighted by atomic mass is 10.1. The Kier molecular flexibility index (Phi) is 6.47. The van der Waals surface area contributed by atoms with Gasteiger partial charge in [-0.25, -0.2) is 0 Å². The molecule has 2 aromatic rings. The molecule has 0 radical (unpaired) electrons. The van der Waals surface area contributed by atoms with E-state index in [1.54, 1.807) is 0 Å². The molecular weight excluding hydrogens is 272 g/mol. The minimum absolute atomic E-state index is 0.122. The summed E-state index contributed by atoms with van der Waals surface area (Å²) in [4.78, 5) is 0. The summed E-state index contributed by atoms with van der Waals surface area (Å²) in [5.74, 6) is 1.50. The smallest absolute Gasteiger partial charge is 0.119 e. The van der Waals surface area contributed by atoms with Crippen LogP contribution in [0.5, 0.6) is 5.75 Å². The summed E-state index contributed by atoms with van der Waals surface area (Å²) in [6.45, 7) is 7.91. The van der Waals surface area contributed by atoms with Gasteiger partial charge in [0.2, 0.25) is 0 Å². The van der Waals surface area contributed by atoms with Gasteiger partial charge >= 0.3 is 0 Å². The lowest BCUT2D eigenvalue weighted by Crippen LogP contribution is -2.08. The lowest BCUT2D eigenvalue weighted by Gasteiger charge is -2.17. The largest absolute Gasteiger partial charge is 0.489 e. The van der Waals surface area contributed by atoms with Gasteiger partial charge in [-0.1, -0.05) is 62.7 Å².